The Kier molecular flexibility index (Phi) is 5.85. The molecule has 9 heteroatoms. The van der Waals surface area contributed by atoms with Crippen LogP contribution in [-0.2, 0) is 33.0 Å². The van der Waals surface area contributed by atoms with Gasteiger partial charge in [-0.25, -0.2) is 17.9 Å². The van der Waals surface area contributed by atoms with Gasteiger partial charge in [0.05, 0.1) is 4.90 Å². The highest BCUT2D eigenvalue weighted by Crippen LogP contribution is 2.37. The van der Waals surface area contributed by atoms with Gasteiger partial charge in [0.25, 0.3) is 10.1 Å². The predicted molar refractivity (Wildman–Crippen MR) is 107 cm³/mol. The molecule has 0 atom stereocenters. The summed E-state index contributed by atoms with van der Waals surface area (Å²) >= 11 is 0. The Balaban J connectivity index is 2.26. The highest BCUT2D eigenvalue weighted by molar-refractivity contribution is 7.89. The number of benzene rings is 3. The number of aryl methyl sites for hydroxylation is 2. The lowest BCUT2D eigenvalue weighted by atomic mass is 9.94. The molecule has 0 aliphatic carbocycles. The normalized spacial score (nSPS) is 12.1. The van der Waals surface area contributed by atoms with Crippen LogP contribution in [-0.4, -0.2) is 21.4 Å². The lowest BCUT2D eigenvalue weighted by molar-refractivity contribution is 0.483. The molecule has 0 aliphatic rings. The van der Waals surface area contributed by atoms with E-state index in [4.69, 9.17) is 5.14 Å². The van der Waals surface area contributed by atoms with E-state index < -0.39 is 41.3 Å². The first-order valence-corrected chi connectivity index (χ1v) is 11.5. The molecular weight excluding hydrogens is 417 g/mol. The molecule has 0 bridgehead atoms. The minimum absolute atomic E-state index is 0.222. The van der Waals surface area contributed by atoms with Crippen LogP contribution in [0.5, 0.6) is 0 Å². The molecule has 0 amide bonds. The van der Waals surface area contributed by atoms with E-state index in [0.717, 1.165) is 29.8 Å². The Morgan fingerprint density at radius 1 is 0.759 bits per heavy atom. The lowest BCUT2D eigenvalue weighted by Crippen LogP contribution is -2.16. The van der Waals surface area contributed by atoms with Crippen molar-refractivity contribution in [3.05, 3.63) is 83.7 Å². The van der Waals surface area contributed by atoms with E-state index in [1.807, 2.05) is 30.3 Å². The van der Waals surface area contributed by atoms with Gasteiger partial charge in [0.2, 0.25) is 10.0 Å². The number of sulfonamides is 1. The van der Waals surface area contributed by atoms with Crippen LogP contribution in [0.1, 0.15) is 11.1 Å². The van der Waals surface area contributed by atoms with Gasteiger partial charge in [-0.05, 0) is 42.2 Å². The second-order valence-electron chi connectivity index (χ2n) is 6.41. The molecule has 0 spiro atoms. The summed E-state index contributed by atoms with van der Waals surface area (Å²) < 4.78 is 72.5. The molecule has 0 saturated heterocycles. The van der Waals surface area contributed by atoms with Crippen LogP contribution in [0.2, 0.25) is 0 Å². The second kappa shape index (κ2) is 8.03. The number of hydrogen-bond acceptors (Lipinski definition) is 4. The fourth-order valence-corrected chi connectivity index (χ4v) is 4.74. The van der Waals surface area contributed by atoms with Crippen LogP contribution in [0.15, 0.2) is 76.5 Å². The van der Waals surface area contributed by atoms with Crippen LogP contribution in [0, 0.1) is 5.82 Å². The van der Waals surface area contributed by atoms with Gasteiger partial charge in [-0.3, -0.25) is 4.55 Å². The summed E-state index contributed by atoms with van der Waals surface area (Å²) in [6, 6.07) is 16.7. The Hall–Kier alpha value is -2.59. The van der Waals surface area contributed by atoms with Crippen molar-refractivity contribution in [1.29, 1.82) is 0 Å². The molecule has 3 aromatic rings. The van der Waals surface area contributed by atoms with E-state index in [0.29, 0.717) is 18.4 Å². The second-order valence-corrected chi connectivity index (χ2v) is 9.33. The molecule has 6 nitrogen and oxygen atoms in total. The summed E-state index contributed by atoms with van der Waals surface area (Å²) in [5.74, 6) is -0.823. The fourth-order valence-electron chi connectivity index (χ4n) is 3.19. The summed E-state index contributed by atoms with van der Waals surface area (Å²) in [6.45, 7) is 0. The summed E-state index contributed by atoms with van der Waals surface area (Å²) in [5.41, 5.74) is 0.659. The third-order valence-electron chi connectivity index (χ3n) is 4.45. The summed E-state index contributed by atoms with van der Waals surface area (Å²) in [4.78, 5) is -1.31. The van der Waals surface area contributed by atoms with Gasteiger partial charge < -0.3 is 0 Å². The third-order valence-corrected chi connectivity index (χ3v) is 6.30. The Morgan fingerprint density at radius 2 is 1.38 bits per heavy atom. The quantitative estimate of drug-likeness (QED) is 0.577. The van der Waals surface area contributed by atoms with Crippen LogP contribution in [0.3, 0.4) is 0 Å². The first-order valence-electron chi connectivity index (χ1n) is 8.54. The molecule has 152 valence electrons. The largest absolute Gasteiger partial charge is 0.295 e. The molecule has 29 heavy (non-hydrogen) atoms. The third kappa shape index (κ3) is 4.70. The maximum atomic E-state index is 14.9. The topological polar surface area (TPSA) is 115 Å². The molecule has 0 heterocycles. The van der Waals surface area contributed by atoms with Crippen LogP contribution in [0.4, 0.5) is 4.39 Å². The molecule has 3 rings (SSSR count). The molecule has 0 aliphatic heterocycles. The standard InChI is InChI=1S/C20H18FNO5S2/c21-16-9-4-8-15(13-12-14-6-2-1-3-7-14)19(16)20-17(28(22,23)24)10-5-11-18(20)29(25,26)27/h1-11H,12-13H2,(H2,22,23,24)(H,25,26,27). The van der Waals surface area contributed by atoms with Crippen molar-refractivity contribution in [1.82, 2.24) is 0 Å². The number of hydrogen-bond donors (Lipinski definition) is 2. The molecule has 0 radical (unpaired) electrons. The SMILES string of the molecule is NS(=O)(=O)c1cccc(S(=O)(=O)O)c1-c1c(F)cccc1CCc1ccccc1. The smallest absolute Gasteiger partial charge is 0.282 e. The average molecular weight is 435 g/mol. The Labute approximate surface area is 168 Å². The summed E-state index contributed by atoms with van der Waals surface area (Å²) in [7, 11) is -9.26. The van der Waals surface area contributed by atoms with Crippen molar-refractivity contribution < 1.29 is 25.8 Å². The van der Waals surface area contributed by atoms with Crippen molar-refractivity contribution >= 4 is 20.1 Å². The molecular formula is C20H18FNO5S2. The highest BCUT2D eigenvalue weighted by Gasteiger charge is 2.28. The van der Waals surface area contributed by atoms with Gasteiger partial charge in [-0.2, -0.15) is 8.42 Å². The van der Waals surface area contributed by atoms with Crippen LogP contribution < -0.4 is 5.14 Å². The van der Waals surface area contributed by atoms with E-state index in [1.54, 1.807) is 6.07 Å². The molecule has 0 unspecified atom stereocenters. The van der Waals surface area contributed by atoms with E-state index in [1.165, 1.54) is 6.07 Å². The van der Waals surface area contributed by atoms with Crippen molar-refractivity contribution in [2.75, 3.05) is 0 Å². The molecule has 0 saturated carbocycles. The number of rotatable bonds is 6. The molecule has 3 aromatic carbocycles. The zero-order valence-corrected chi connectivity index (χ0v) is 16.8. The maximum Gasteiger partial charge on any atom is 0.295 e. The average Bonchev–Trinajstić information content (AvgIpc) is 2.65. The monoisotopic (exact) mass is 435 g/mol. The van der Waals surface area contributed by atoms with Crippen LogP contribution >= 0.6 is 0 Å². The zero-order chi connectivity index (χ0) is 21.2. The Morgan fingerprint density at radius 3 is 2.00 bits per heavy atom. The summed E-state index contributed by atoms with van der Waals surface area (Å²) in [6.07, 6.45) is 0.816. The first kappa shape index (κ1) is 21.1. The van der Waals surface area contributed by atoms with Crippen molar-refractivity contribution in [3.63, 3.8) is 0 Å². The minimum Gasteiger partial charge on any atom is -0.282 e. The molecule has 0 fully saturated rings. The van der Waals surface area contributed by atoms with Gasteiger partial charge in [0, 0.05) is 11.1 Å². The molecule has 0 aromatic heterocycles. The van der Waals surface area contributed by atoms with Gasteiger partial charge in [0.15, 0.2) is 0 Å². The van der Waals surface area contributed by atoms with E-state index in [-0.39, 0.29) is 5.56 Å². The maximum absolute atomic E-state index is 14.9. The van der Waals surface area contributed by atoms with Crippen molar-refractivity contribution in [2.24, 2.45) is 5.14 Å². The minimum atomic E-state index is -4.85. The van der Waals surface area contributed by atoms with E-state index in [2.05, 4.69) is 0 Å². The first-order chi connectivity index (χ1) is 13.6. The zero-order valence-electron chi connectivity index (χ0n) is 15.1. The van der Waals surface area contributed by atoms with Crippen LogP contribution in [0.25, 0.3) is 11.1 Å². The van der Waals surface area contributed by atoms with Gasteiger partial charge in [0.1, 0.15) is 10.7 Å². The number of halogens is 1. The fraction of sp³-hybridized carbons (Fsp3) is 0.100. The number of primary sulfonamides is 1. The summed E-state index contributed by atoms with van der Waals surface area (Å²) in [5, 5.41) is 5.25. The van der Waals surface area contributed by atoms with Gasteiger partial charge in [-0.15, -0.1) is 0 Å². The van der Waals surface area contributed by atoms with E-state index >= 15 is 0 Å². The predicted octanol–water partition coefficient (Wildman–Crippen LogP) is 3.17. The lowest BCUT2D eigenvalue weighted by Gasteiger charge is -2.17. The highest BCUT2D eigenvalue weighted by atomic mass is 32.2. The number of nitrogens with two attached hydrogens (primary N) is 1. The van der Waals surface area contributed by atoms with Gasteiger partial charge >= 0.3 is 0 Å². The molecule has 3 N–H and O–H groups in total. The van der Waals surface area contributed by atoms with Gasteiger partial charge in [-0.1, -0.05) is 48.5 Å². The Bertz CT molecular complexity index is 1210. The van der Waals surface area contributed by atoms with E-state index in [9.17, 15) is 25.8 Å². The van der Waals surface area contributed by atoms with Crippen molar-refractivity contribution in [2.45, 2.75) is 22.6 Å². The van der Waals surface area contributed by atoms with Crippen molar-refractivity contribution in [3.8, 4) is 11.1 Å².